The van der Waals surface area contributed by atoms with Crippen LogP contribution in [0, 0.1) is 5.41 Å². The van der Waals surface area contributed by atoms with Crippen molar-refractivity contribution >= 4 is 5.91 Å². The summed E-state index contributed by atoms with van der Waals surface area (Å²) in [7, 11) is 0. The molecule has 1 heterocycles. The van der Waals surface area contributed by atoms with Crippen LogP contribution in [-0.4, -0.2) is 29.4 Å². The van der Waals surface area contributed by atoms with E-state index in [4.69, 9.17) is 5.73 Å². The Hall–Kier alpha value is -0.570. The maximum absolute atomic E-state index is 12.0. The van der Waals surface area contributed by atoms with Gasteiger partial charge in [0.2, 0.25) is 5.91 Å². The number of carbonyl (C=O) groups is 1. The molecule has 1 spiro atoms. The fraction of sp³-hybridized carbons (Fsp3) is 0.923. The molecule has 16 heavy (non-hydrogen) atoms. The third-order valence-electron chi connectivity index (χ3n) is 4.33. The van der Waals surface area contributed by atoms with Crippen LogP contribution in [0.2, 0.25) is 0 Å². The van der Waals surface area contributed by atoms with Crippen molar-refractivity contribution in [1.82, 2.24) is 4.90 Å². The largest absolute Gasteiger partial charge is 0.341 e. The minimum absolute atomic E-state index is 0.111. The molecule has 0 aromatic heterocycles. The number of hydrogen-bond acceptors (Lipinski definition) is 2. The lowest BCUT2D eigenvalue weighted by molar-refractivity contribution is -0.138. The van der Waals surface area contributed by atoms with Crippen LogP contribution in [0.4, 0.5) is 0 Å². The van der Waals surface area contributed by atoms with Gasteiger partial charge < -0.3 is 10.6 Å². The SMILES string of the molecule is CC(C)(N)C(=O)N1CCC2(CCCC2)CC1. The molecule has 0 atom stereocenters. The third-order valence-corrected chi connectivity index (χ3v) is 4.33. The second kappa shape index (κ2) is 4.02. The summed E-state index contributed by atoms with van der Waals surface area (Å²) in [6, 6.07) is 0. The molecule has 3 heteroatoms. The Bertz CT molecular complexity index is 264. The zero-order valence-electron chi connectivity index (χ0n) is 10.6. The van der Waals surface area contributed by atoms with Crippen molar-refractivity contribution in [1.29, 1.82) is 0 Å². The van der Waals surface area contributed by atoms with Crippen molar-refractivity contribution in [2.45, 2.75) is 57.9 Å². The fourth-order valence-corrected chi connectivity index (χ4v) is 3.22. The Labute approximate surface area is 98.4 Å². The zero-order valence-corrected chi connectivity index (χ0v) is 10.6. The van der Waals surface area contributed by atoms with Gasteiger partial charge in [-0.2, -0.15) is 0 Å². The first-order valence-electron chi connectivity index (χ1n) is 6.51. The van der Waals surface area contributed by atoms with Crippen LogP contribution in [-0.2, 0) is 4.79 Å². The summed E-state index contributed by atoms with van der Waals surface area (Å²) >= 11 is 0. The van der Waals surface area contributed by atoms with Crippen LogP contribution in [0.15, 0.2) is 0 Å². The normalized spacial score (nSPS) is 25.1. The Morgan fingerprint density at radius 1 is 1.12 bits per heavy atom. The second-order valence-corrected chi connectivity index (χ2v) is 6.22. The second-order valence-electron chi connectivity index (χ2n) is 6.22. The van der Waals surface area contributed by atoms with Crippen molar-refractivity contribution < 1.29 is 4.79 Å². The minimum Gasteiger partial charge on any atom is -0.341 e. The monoisotopic (exact) mass is 224 g/mol. The van der Waals surface area contributed by atoms with E-state index < -0.39 is 5.54 Å². The highest BCUT2D eigenvalue weighted by atomic mass is 16.2. The molecular formula is C13H24N2O. The number of nitrogens with two attached hydrogens (primary N) is 1. The summed E-state index contributed by atoms with van der Waals surface area (Å²) in [5.41, 5.74) is 5.73. The molecule has 1 aliphatic carbocycles. The predicted molar refractivity (Wildman–Crippen MR) is 65.0 cm³/mol. The molecule has 1 saturated carbocycles. The molecule has 2 fully saturated rings. The minimum atomic E-state index is -0.708. The first-order valence-corrected chi connectivity index (χ1v) is 6.51. The number of nitrogens with zero attached hydrogens (tertiary/aromatic N) is 1. The van der Waals surface area contributed by atoms with Gasteiger partial charge in [-0.1, -0.05) is 12.8 Å². The highest BCUT2D eigenvalue weighted by molar-refractivity contribution is 5.85. The number of likely N-dealkylation sites (tertiary alicyclic amines) is 1. The zero-order chi connectivity index (χ0) is 11.8. The Morgan fingerprint density at radius 3 is 2.06 bits per heavy atom. The summed E-state index contributed by atoms with van der Waals surface area (Å²) in [5.74, 6) is 0.111. The molecule has 1 saturated heterocycles. The Morgan fingerprint density at radius 2 is 1.62 bits per heavy atom. The van der Waals surface area contributed by atoms with E-state index in [2.05, 4.69) is 0 Å². The van der Waals surface area contributed by atoms with E-state index in [-0.39, 0.29) is 5.91 Å². The number of rotatable bonds is 1. The van der Waals surface area contributed by atoms with Gasteiger partial charge in [0.25, 0.3) is 0 Å². The Kier molecular flexibility index (Phi) is 2.99. The quantitative estimate of drug-likeness (QED) is 0.739. The van der Waals surface area contributed by atoms with Crippen molar-refractivity contribution in [3.05, 3.63) is 0 Å². The van der Waals surface area contributed by atoms with E-state index in [0.29, 0.717) is 5.41 Å². The van der Waals surface area contributed by atoms with Gasteiger partial charge in [0, 0.05) is 13.1 Å². The lowest BCUT2D eigenvalue weighted by Gasteiger charge is -2.41. The Balaban J connectivity index is 1.92. The van der Waals surface area contributed by atoms with Crippen molar-refractivity contribution in [3.8, 4) is 0 Å². The maximum atomic E-state index is 12.0. The van der Waals surface area contributed by atoms with Crippen LogP contribution in [0.1, 0.15) is 52.4 Å². The standard InChI is InChI=1S/C13H24N2O/c1-12(2,14)11(16)15-9-7-13(8-10-15)5-3-4-6-13/h3-10,14H2,1-2H3. The lowest BCUT2D eigenvalue weighted by atomic mass is 9.77. The van der Waals surface area contributed by atoms with Crippen LogP contribution in [0.5, 0.6) is 0 Å². The van der Waals surface area contributed by atoms with Gasteiger partial charge in [0.15, 0.2) is 0 Å². The summed E-state index contributed by atoms with van der Waals surface area (Å²) in [5, 5.41) is 0. The number of hydrogen-bond donors (Lipinski definition) is 1. The molecule has 0 bridgehead atoms. The van der Waals surface area contributed by atoms with Gasteiger partial charge in [-0.15, -0.1) is 0 Å². The highest BCUT2D eigenvalue weighted by Crippen LogP contribution is 2.46. The molecule has 0 unspecified atom stereocenters. The summed E-state index contributed by atoms with van der Waals surface area (Å²) in [6.07, 6.45) is 7.90. The summed E-state index contributed by atoms with van der Waals surface area (Å²) in [4.78, 5) is 14.0. The maximum Gasteiger partial charge on any atom is 0.242 e. The lowest BCUT2D eigenvalue weighted by Crippen LogP contribution is -2.54. The molecular weight excluding hydrogens is 200 g/mol. The van der Waals surface area contributed by atoms with E-state index in [1.165, 1.54) is 38.5 Å². The molecule has 92 valence electrons. The molecule has 0 radical (unpaired) electrons. The highest BCUT2D eigenvalue weighted by Gasteiger charge is 2.39. The van der Waals surface area contributed by atoms with Gasteiger partial charge >= 0.3 is 0 Å². The molecule has 3 nitrogen and oxygen atoms in total. The van der Waals surface area contributed by atoms with E-state index in [1.807, 2.05) is 4.90 Å². The van der Waals surface area contributed by atoms with Crippen LogP contribution < -0.4 is 5.73 Å². The molecule has 0 aromatic rings. The smallest absolute Gasteiger partial charge is 0.242 e. The molecule has 0 aromatic carbocycles. The van der Waals surface area contributed by atoms with Gasteiger partial charge in [-0.3, -0.25) is 4.79 Å². The van der Waals surface area contributed by atoms with Crippen LogP contribution in [0.25, 0.3) is 0 Å². The van der Waals surface area contributed by atoms with Gasteiger partial charge in [0.1, 0.15) is 0 Å². The average molecular weight is 224 g/mol. The molecule has 1 aliphatic heterocycles. The average Bonchev–Trinajstić information content (AvgIpc) is 2.66. The van der Waals surface area contributed by atoms with E-state index in [9.17, 15) is 4.79 Å². The molecule has 2 aliphatic rings. The summed E-state index contributed by atoms with van der Waals surface area (Å²) < 4.78 is 0. The summed E-state index contributed by atoms with van der Waals surface area (Å²) in [6.45, 7) is 5.43. The number of amides is 1. The number of carbonyl (C=O) groups excluding carboxylic acids is 1. The van der Waals surface area contributed by atoms with Crippen LogP contribution in [0.3, 0.4) is 0 Å². The van der Waals surface area contributed by atoms with Crippen LogP contribution >= 0.6 is 0 Å². The van der Waals surface area contributed by atoms with Crippen molar-refractivity contribution in [2.75, 3.05) is 13.1 Å². The molecule has 2 rings (SSSR count). The topological polar surface area (TPSA) is 46.3 Å². The molecule has 2 N–H and O–H groups in total. The van der Waals surface area contributed by atoms with Gasteiger partial charge in [0.05, 0.1) is 5.54 Å². The van der Waals surface area contributed by atoms with E-state index in [1.54, 1.807) is 13.8 Å². The first-order chi connectivity index (χ1) is 7.43. The predicted octanol–water partition coefficient (Wildman–Crippen LogP) is 1.91. The third kappa shape index (κ3) is 2.24. The van der Waals surface area contributed by atoms with Gasteiger partial charge in [-0.25, -0.2) is 0 Å². The van der Waals surface area contributed by atoms with Gasteiger partial charge in [-0.05, 0) is 44.9 Å². The molecule has 1 amide bonds. The van der Waals surface area contributed by atoms with Crippen molar-refractivity contribution in [2.24, 2.45) is 11.1 Å². The fourth-order valence-electron chi connectivity index (χ4n) is 3.22. The first kappa shape index (κ1) is 11.9. The number of piperidine rings is 1. The van der Waals surface area contributed by atoms with E-state index in [0.717, 1.165) is 13.1 Å². The van der Waals surface area contributed by atoms with E-state index >= 15 is 0 Å². The van der Waals surface area contributed by atoms with Crippen molar-refractivity contribution in [3.63, 3.8) is 0 Å².